The first kappa shape index (κ1) is 28.0. The van der Waals surface area contributed by atoms with E-state index in [9.17, 15) is 18.3 Å². The molecular formula is C24H33N7O5S. The number of hydrogen-bond donors (Lipinski definition) is 3. The van der Waals surface area contributed by atoms with Crippen LogP contribution in [0.25, 0.3) is 11.2 Å². The van der Waals surface area contributed by atoms with E-state index in [1.165, 1.54) is 50.2 Å². The molecular weight excluding hydrogens is 498 g/mol. The van der Waals surface area contributed by atoms with Gasteiger partial charge in [0.05, 0.1) is 24.5 Å². The first-order valence-corrected chi connectivity index (χ1v) is 13.4. The van der Waals surface area contributed by atoms with Crippen molar-refractivity contribution in [3.63, 3.8) is 0 Å². The van der Waals surface area contributed by atoms with Crippen LogP contribution in [0.1, 0.15) is 43.6 Å². The number of nitrogens with zero attached hydrogens (tertiary/aromatic N) is 5. The van der Waals surface area contributed by atoms with Crippen molar-refractivity contribution in [2.45, 2.75) is 33.2 Å². The molecule has 4 N–H and O–H groups in total. The minimum absolute atomic E-state index is 0.100. The van der Waals surface area contributed by atoms with Crippen LogP contribution in [0, 0.1) is 5.92 Å². The maximum atomic E-state index is 12.1. The normalized spacial score (nSPS) is 17.1. The van der Waals surface area contributed by atoms with Gasteiger partial charge in [0.1, 0.15) is 17.6 Å². The fourth-order valence-corrected chi connectivity index (χ4v) is 4.66. The van der Waals surface area contributed by atoms with Gasteiger partial charge in [-0.25, -0.2) is 19.7 Å². The fourth-order valence-electron chi connectivity index (χ4n) is 3.91. The van der Waals surface area contributed by atoms with Gasteiger partial charge >= 0.3 is 10.3 Å². The molecule has 0 saturated heterocycles. The molecule has 0 radical (unpaired) electrons. The Bertz CT molecular complexity index is 1330. The zero-order valence-corrected chi connectivity index (χ0v) is 21.9. The van der Waals surface area contributed by atoms with Crippen LogP contribution < -0.4 is 10.5 Å². The molecule has 0 fully saturated rings. The van der Waals surface area contributed by atoms with Gasteiger partial charge in [-0.1, -0.05) is 45.1 Å². The topological polar surface area (TPSA) is 166 Å². The van der Waals surface area contributed by atoms with Gasteiger partial charge in [0.15, 0.2) is 11.5 Å². The number of anilines is 1. The van der Waals surface area contributed by atoms with Gasteiger partial charge < -0.3 is 20.3 Å². The molecule has 4 rings (SSSR count). The number of hydrogen-bond acceptors (Lipinski definition) is 10. The smallest absolute Gasteiger partial charge is 0.362 e. The Balaban J connectivity index is 0.000000479. The molecule has 1 amide bonds. The molecule has 2 aromatic heterocycles. The summed E-state index contributed by atoms with van der Waals surface area (Å²) in [7, 11) is -4.35. The summed E-state index contributed by atoms with van der Waals surface area (Å²) in [5, 5.41) is 9.66. The number of carbonyl (C=O) groups excluding carboxylic acids is 1. The van der Waals surface area contributed by atoms with E-state index in [0.29, 0.717) is 17.6 Å². The molecule has 2 atom stereocenters. The molecule has 0 spiro atoms. The Morgan fingerprint density at radius 3 is 2.51 bits per heavy atom. The Morgan fingerprint density at radius 2 is 1.86 bits per heavy atom. The summed E-state index contributed by atoms with van der Waals surface area (Å²) in [6.07, 6.45) is 7.26. The standard InChI is InChI=1S/C18H18N6O5S.C6H15N/c19-16-15-17(21-9-20-16)24(10-22-15)12-6-5-11(7-12)8-29-30(27,28)23-18(26)13-3-1-2-4-14(13)25;1-4-7(5-2)6-3/h1-6,9-12,25H,7-8H2,(H,23,26)(H2,19,20,21);4-6H2,1-3H3/t11-,12+;/m1./s1. The molecule has 1 aliphatic carbocycles. The van der Waals surface area contributed by atoms with Crippen molar-refractivity contribution in [3.05, 3.63) is 54.6 Å². The summed E-state index contributed by atoms with van der Waals surface area (Å²) in [6.45, 7) is 9.97. The average Bonchev–Trinajstić information content (AvgIpc) is 3.52. The van der Waals surface area contributed by atoms with Crippen LogP contribution in [-0.2, 0) is 14.5 Å². The zero-order chi connectivity index (χ0) is 27.0. The second-order valence-electron chi connectivity index (χ2n) is 8.34. The third-order valence-corrected chi connectivity index (χ3v) is 6.92. The Hall–Kier alpha value is -3.55. The summed E-state index contributed by atoms with van der Waals surface area (Å²) in [5.74, 6) is -1.23. The number of carbonyl (C=O) groups is 1. The summed E-state index contributed by atoms with van der Waals surface area (Å²) in [4.78, 5) is 26.8. The van der Waals surface area contributed by atoms with Crippen LogP contribution in [0.15, 0.2) is 49.1 Å². The lowest BCUT2D eigenvalue weighted by molar-refractivity contribution is 0.0972. The van der Waals surface area contributed by atoms with E-state index in [1.54, 1.807) is 11.0 Å². The van der Waals surface area contributed by atoms with Gasteiger partial charge in [0.2, 0.25) is 0 Å². The number of amides is 1. The average molecular weight is 532 g/mol. The molecule has 0 aliphatic heterocycles. The summed E-state index contributed by atoms with van der Waals surface area (Å²) >= 11 is 0. The monoisotopic (exact) mass is 531 g/mol. The van der Waals surface area contributed by atoms with E-state index < -0.39 is 16.2 Å². The molecule has 0 saturated carbocycles. The third-order valence-electron chi connectivity index (χ3n) is 6.04. The predicted octanol–water partition coefficient (Wildman–Crippen LogP) is 2.27. The van der Waals surface area contributed by atoms with Gasteiger partial charge in [0.25, 0.3) is 5.91 Å². The van der Waals surface area contributed by atoms with E-state index in [0.717, 1.165) is 0 Å². The van der Waals surface area contributed by atoms with Crippen LogP contribution in [0.2, 0.25) is 0 Å². The molecule has 13 heteroatoms. The number of benzene rings is 1. The highest BCUT2D eigenvalue weighted by molar-refractivity contribution is 7.85. The Morgan fingerprint density at radius 1 is 1.16 bits per heavy atom. The lowest BCUT2D eigenvalue weighted by atomic mass is 10.1. The van der Waals surface area contributed by atoms with Gasteiger partial charge in [-0.2, -0.15) is 8.42 Å². The largest absolute Gasteiger partial charge is 0.507 e. The van der Waals surface area contributed by atoms with Crippen molar-refractivity contribution in [2.24, 2.45) is 5.92 Å². The number of phenols is 1. The summed E-state index contributed by atoms with van der Waals surface area (Å²) in [5.41, 5.74) is 6.72. The first-order chi connectivity index (χ1) is 17.7. The number of para-hydroxylation sites is 1. The molecule has 200 valence electrons. The van der Waals surface area contributed by atoms with Crippen LogP contribution >= 0.6 is 0 Å². The van der Waals surface area contributed by atoms with E-state index in [4.69, 9.17) is 9.92 Å². The van der Waals surface area contributed by atoms with Crippen molar-refractivity contribution >= 4 is 33.2 Å². The number of nitrogen functional groups attached to an aromatic ring is 1. The maximum absolute atomic E-state index is 12.1. The number of nitrogens with one attached hydrogen (secondary N) is 1. The number of aromatic hydroxyl groups is 1. The number of aromatic nitrogens is 4. The second kappa shape index (κ2) is 12.6. The van der Waals surface area contributed by atoms with Crippen LogP contribution in [-0.4, -0.2) is 70.1 Å². The fraction of sp³-hybridized carbons (Fsp3) is 0.417. The first-order valence-electron chi connectivity index (χ1n) is 12.0. The predicted molar refractivity (Wildman–Crippen MR) is 140 cm³/mol. The minimum Gasteiger partial charge on any atom is -0.507 e. The van der Waals surface area contributed by atoms with Crippen LogP contribution in [0.4, 0.5) is 5.82 Å². The van der Waals surface area contributed by atoms with E-state index in [2.05, 4.69) is 40.6 Å². The van der Waals surface area contributed by atoms with Gasteiger partial charge in [0, 0.05) is 5.92 Å². The van der Waals surface area contributed by atoms with Crippen LogP contribution in [0.5, 0.6) is 5.75 Å². The molecule has 2 heterocycles. The quantitative estimate of drug-likeness (QED) is 0.349. The van der Waals surface area contributed by atoms with E-state index in [1.807, 2.05) is 16.7 Å². The highest BCUT2D eigenvalue weighted by Gasteiger charge is 2.26. The van der Waals surface area contributed by atoms with Gasteiger partial charge in [-0.3, -0.25) is 8.98 Å². The van der Waals surface area contributed by atoms with Crippen molar-refractivity contribution in [1.29, 1.82) is 0 Å². The SMILES string of the molecule is CCN(CC)CC.Nc1ncnc2c1ncn2[C@H]1C=C[C@@H](COS(=O)(=O)NC(=O)c2ccccc2O)C1. The summed E-state index contributed by atoms with van der Waals surface area (Å²) in [6, 6.07) is 5.50. The van der Waals surface area contributed by atoms with Crippen LogP contribution in [0.3, 0.4) is 0 Å². The number of fused-ring (bicyclic) bond motifs is 1. The van der Waals surface area contributed by atoms with Crippen molar-refractivity contribution in [3.8, 4) is 5.75 Å². The lowest BCUT2D eigenvalue weighted by Crippen LogP contribution is -2.33. The van der Waals surface area contributed by atoms with Crippen molar-refractivity contribution in [2.75, 3.05) is 32.0 Å². The lowest BCUT2D eigenvalue weighted by Gasteiger charge is -2.14. The molecule has 1 aliphatic rings. The number of phenolic OH excluding ortho intramolecular Hbond substituents is 1. The molecule has 12 nitrogen and oxygen atoms in total. The number of imidazole rings is 1. The highest BCUT2D eigenvalue weighted by Crippen LogP contribution is 2.31. The van der Waals surface area contributed by atoms with Gasteiger partial charge in [-0.05, 0) is 38.2 Å². The van der Waals surface area contributed by atoms with Gasteiger partial charge in [-0.15, -0.1) is 0 Å². The maximum Gasteiger partial charge on any atom is 0.362 e. The van der Waals surface area contributed by atoms with Crippen molar-refractivity contribution in [1.82, 2.24) is 29.1 Å². The molecule has 3 aromatic rings. The Kier molecular flexibility index (Phi) is 9.55. The second-order valence-corrected chi connectivity index (χ2v) is 9.69. The number of nitrogens with two attached hydrogens (primary N) is 1. The van der Waals surface area contributed by atoms with Crippen molar-refractivity contribution < 1.29 is 22.5 Å². The third kappa shape index (κ3) is 7.24. The van der Waals surface area contributed by atoms with E-state index >= 15 is 0 Å². The minimum atomic E-state index is -4.35. The number of allylic oxidation sites excluding steroid dienone is 1. The highest BCUT2D eigenvalue weighted by atomic mass is 32.2. The Labute approximate surface area is 216 Å². The number of rotatable bonds is 9. The molecule has 37 heavy (non-hydrogen) atoms. The zero-order valence-electron chi connectivity index (χ0n) is 21.1. The van der Waals surface area contributed by atoms with E-state index in [-0.39, 0.29) is 35.7 Å². The molecule has 0 unspecified atom stereocenters. The molecule has 1 aromatic carbocycles. The molecule has 0 bridgehead atoms. The summed E-state index contributed by atoms with van der Waals surface area (Å²) < 4.78 is 32.8.